The average Bonchev–Trinajstić information content (AvgIpc) is 2.93. The summed E-state index contributed by atoms with van der Waals surface area (Å²) in [6, 6.07) is 10.8. The number of hydrogen-bond donors (Lipinski definition) is 1. The van der Waals surface area contributed by atoms with Crippen molar-refractivity contribution in [1.29, 1.82) is 0 Å². The maximum absolute atomic E-state index is 5.85. The van der Waals surface area contributed by atoms with Crippen LogP contribution in [0.3, 0.4) is 0 Å². The SMILES string of the molecule is Nc1nc(C(Cc2ccccc2)C2CCCCC2)cs1. The molecule has 0 saturated heterocycles. The number of benzene rings is 1. The zero-order valence-electron chi connectivity index (χ0n) is 11.8. The lowest BCUT2D eigenvalue weighted by atomic mass is 9.76. The first-order valence-corrected chi connectivity index (χ1v) is 8.46. The highest BCUT2D eigenvalue weighted by molar-refractivity contribution is 7.13. The van der Waals surface area contributed by atoms with Gasteiger partial charge in [-0.05, 0) is 30.7 Å². The molecule has 2 aromatic rings. The lowest BCUT2D eigenvalue weighted by Crippen LogP contribution is -2.19. The van der Waals surface area contributed by atoms with Crippen molar-refractivity contribution >= 4 is 16.5 Å². The molecule has 1 aromatic heterocycles. The van der Waals surface area contributed by atoms with E-state index in [-0.39, 0.29) is 0 Å². The molecule has 1 atom stereocenters. The highest BCUT2D eigenvalue weighted by Crippen LogP contribution is 2.38. The molecule has 1 aliphatic carbocycles. The van der Waals surface area contributed by atoms with Crippen molar-refractivity contribution in [2.24, 2.45) is 5.92 Å². The van der Waals surface area contributed by atoms with E-state index in [4.69, 9.17) is 5.73 Å². The summed E-state index contributed by atoms with van der Waals surface area (Å²) >= 11 is 1.57. The van der Waals surface area contributed by atoms with Crippen molar-refractivity contribution in [3.63, 3.8) is 0 Å². The summed E-state index contributed by atoms with van der Waals surface area (Å²) in [5.41, 5.74) is 8.47. The molecule has 1 fully saturated rings. The Hall–Kier alpha value is -1.35. The first-order chi connectivity index (χ1) is 9.83. The smallest absolute Gasteiger partial charge is 0.180 e. The minimum absolute atomic E-state index is 0.534. The summed E-state index contributed by atoms with van der Waals surface area (Å²) in [5, 5.41) is 2.87. The van der Waals surface area contributed by atoms with Crippen molar-refractivity contribution in [2.45, 2.75) is 44.4 Å². The Kier molecular flexibility index (Phi) is 4.36. The minimum Gasteiger partial charge on any atom is -0.375 e. The molecule has 1 unspecified atom stereocenters. The lowest BCUT2D eigenvalue weighted by molar-refractivity contribution is 0.299. The predicted octanol–water partition coefficient (Wildman–Crippen LogP) is 4.63. The molecule has 2 nitrogen and oxygen atoms in total. The van der Waals surface area contributed by atoms with Gasteiger partial charge in [0.1, 0.15) is 0 Å². The van der Waals surface area contributed by atoms with Gasteiger partial charge in [0.05, 0.1) is 5.69 Å². The first-order valence-electron chi connectivity index (χ1n) is 7.58. The second kappa shape index (κ2) is 6.40. The van der Waals surface area contributed by atoms with Crippen LogP contribution in [0.5, 0.6) is 0 Å². The topological polar surface area (TPSA) is 38.9 Å². The largest absolute Gasteiger partial charge is 0.375 e. The number of hydrogen-bond acceptors (Lipinski definition) is 3. The first kappa shape index (κ1) is 13.6. The van der Waals surface area contributed by atoms with E-state index in [1.807, 2.05) is 0 Å². The Morgan fingerprint density at radius 2 is 1.90 bits per heavy atom. The summed E-state index contributed by atoms with van der Waals surface area (Å²) < 4.78 is 0. The van der Waals surface area contributed by atoms with E-state index in [2.05, 4.69) is 40.7 Å². The maximum Gasteiger partial charge on any atom is 0.180 e. The summed E-state index contributed by atoms with van der Waals surface area (Å²) in [7, 11) is 0. The van der Waals surface area contributed by atoms with Gasteiger partial charge in [0.15, 0.2) is 5.13 Å². The molecular formula is C17H22N2S. The van der Waals surface area contributed by atoms with Crippen molar-refractivity contribution in [1.82, 2.24) is 4.98 Å². The molecule has 1 saturated carbocycles. The third kappa shape index (κ3) is 3.21. The number of rotatable bonds is 4. The van der Waals surface area contributed by atoms with Crippen LogP contribution >= 0.6 is 11.3 Å². The number of nitrogens with two attached hydrogens (primary N) is 1. The minimum atomic E-state index is 0.534. The summed E-state index contributed by atoms with van der Waals surface area (Å²) in [6.07, 6.45) is 7.91. The predicted molar refractivity (Wildman–Crippen MR) is 86.0 cm³/mol. The third-order valence-electron chi connectivity index (χ3n) is 4.44. The van der Waals surface area contributed by atoms with Gasteiger partial charge in [-0.25, -0.2) is 4.98 Å². The Morgan fingerprint density at radius 3 is 2.55 bits per heavy atom. The fraction of sp³-hybridized carbons (Fsp3) is 0.471. The Labute approximate surface area is 125 Å². The van der Waals surface area contributed by atoms with E-state index in [9.17, 15) is 0 Å². The number of thiazole rings is 1. The van der Waals surface area contributed by atoms with Gasteiger partial charge in [-0.3, -0.25) is 0 Å². The maximum atomic E-state index is 5.85. The Balaban J connectivity index is 1.82. The quantitative estimate of drug-likeness (QED) is 0.889. The lowest BCUT2D eigenvalue weighted by Gasteiger charge is -2.29. The summed E-state index contributed by atoms with van der Waals surface area (Å²) in [4.78, 5) is 4.58. The molecule has 0 spiro atoms. The Bertz CT molecular complexity index is 529. The van der Waals surface area contributed by atoms with Crippen LogP contribution in [0.25, 0.3) is 0 Å². The standard InChI is InChI=1S/C17H22N2S/c18-17-19-16(12-20-17)15(14-9-5-2-6-10-14)11-13-7-3-1-4-8-13/h1,3-4,7-8,12,14-15H,2,5-6,9-11H2,(H2,18,19). The number of aromatic nitrogens is 1. The van der Waals surface area contributed by atoms with Crippen LogP contribution in [-0.2, 0) is 6.42 Å². The van der Waals surface area contributed by atoms with Crippen molar-refractivity contribution < 1.29 is 0 Å². The second-order valence-corrected chi connectivity index (χ2v) is 6.69. The fourth-order valence-electron chi connectivity index (χ4n) is 3.39. The van der Waals surface area contributed by atoms with Gasteiger partial charge in [-0.2, -0.15) is 0 Å². The van der Waals surface area contributed by atoms with Crippen LogP contribution in [0.15, 0.2) is 35.7 Å². The second-order valence-electron chi connectivity index (χ2n) is 5.80. The molecule has 20 heavy (non-hydrogen) atoms. The van der Waals surface area contributed by atoms with Gasteiger partial charge < -0.3 is 5.73 Å². The fourth-order valence-corrected chi connectivity index (χ4v) is 4.02. The molecule has 0 aliphatic heterocycles. The normalized spacial score (nSPS) is 18.0. The molecule has 1 heterocycles. The molecule has 0 radical (unpaired) electrons. The van der Waals surface area contributed by atoms with Crippen molar-refractivity contribution in [3.05, 3.63) is 47.0 Å². The molecule has 0 bridgehead atoms. The highest BCUT2D eigenvalue weighted by atomic mass is 32.1. The van der Waals surface area contributed by atoms with Crippen LogP contribution in [0.1, 0.15) is 49.3 Å². The van der Waals surface area contributed by atoms with Crippen LogP contribution in [0, 0.1) is 5.92 Å². The van der Waals surface area contributed by atoms with Crippen molar-refractivity contribution in [2.75, 3.05) is 5.73 Å². The number of anilines is 1. The molecule has 106 valence electrons. The van der Waals surface area contributed by atoms with Gasteiger partial charge in [-0.1, -0.05) is 49.6 Å². The summed E-state index contributed by atoms with van der Waals surface area (Å²) in [6.45, 7) is 0. The van der Waals surface area contributed by atoms with E-state index in [1.54, 1.807) is 11.3 Å². The molecule has 0 amide bonds. The van der Waals surface area contributed by atoms with Gasteiger partial charge >= 0.3 is 0 Å². The molecule has 2 N–H and O–H groups in total. The van der Waals surface area contributed by atoms with E-state index in [0.717, 1.165) is 12.3 Å². The molecule has 3 heteroatoms. The van der Waals surface area contributed by atoms with Crippen LogP contribution in [-0.4, -0.2) is 4.98 Å². The number of nitrogen functional groups attached to an aromatic ring is 1. The van der Waals surface area contributed by atoms with Crippen LogP contribution in [0.4, 0.5) is 5.13 Å². The molecule has 1 aliphatic rings. The van der Waals surface area contributed by atoms with Gasteiger partial charge in [-0.15, -0.1) is 11.3 Å². The van der Waals surface area contributed by atoms with E-state index < -0.39 is 0 Å². The molecule has 3 rings (SSSR count). The highest BCUT2D eigenvalue weighted by Gasteiger charge is 2.27. The van der Waals surface area contributed by atoms with E-state index in [0.29, 0.717) is 11.0 Å². The zero-order valence-corrected chi connectivity index (χ0v) is 12.6. The summed E-state index contributed by atoms with van der Waals surface area (Å²) in [5.74, 6) is 1.30. The zero-order chi connectivity index (χ0) is 13.8. The van der Waals surface area contributed by atoms with Gasteiger partial charge in [0.2, 0.25) is 0 Å². The molecule has 1 aromatic carbocycles. The Morgan fingerprint density at radius 1 is 1.15 bits per heavy atom. The monoisotopic (exact) mass is 286 g/mol. The average molecular weight is 286 g/mol. The van der Waals surface area contributed by atoms with E-state index in [1.165, 1.54) is 43.4 Å². The van der Waals surface area contributed by atoms with Crippen LogP contribution < -0.4 is 5.73 Å². The van der Waals surface area contributed by atoms with Gasteiger partial charge in [0.25, 0.3) is 0 Å². The molecular weight excluding hydrogens is 264 g/mol. The number of nitrogens with zero attached hydrogens (tertiary/aromatic N) is 1. The van der Waals surface area contributed by atoms with Crippen molar-refractivity contribution in [3.8, 4) is 0 Å². The van der Waals surface area contributed by atoms with E-state index >= 15 is 0 Å². The van der Waals surface area contributed by atoms with Crippen LogP contribution in [0.2, 0.25) is 0 Å². The third-order valence-corrected chi connectivity index (χ3v) is 5.13. The van der Waals surface area contributed by atoms with Gasteiger partial charge in [0, 0.05) is 11.3 Å².